The lowest BCUT2D eigenvalue weighted by Gasteiger charge is -2.10. The highest BCUT2D eigenvalue weighted by molar-refractivity contribution is 6.31. The van der Waals surface area contributed by atoms with Gasteiger partial charge in [-0.15, -0.1) is 5.10 Å². The first kappa shape index (κ1) is 16.0. The molecule has 1 amide bonds. The zero-order valence-electron chi connectivity index (χ0n) is 12.2. The minimum atomic E-state index is -0.438. The van der Waals surface area contributed by atoms with Crippen LogP contribution in [0.4, 0.5) is 0 Å². The van der Waals surface area contributed by atoms with Crippen molar-refractivity contribution in [3.8, 4) is 17.1 Å². The summed E-state index contributed by atoms with van der Waals surface area (Å²) >= 11 is 6.09. The summed E-state index contributed by atoms with van der Waals surface area (Å²) in [6.45, 7) is 3.86. The van der Waals surface area contributed by atoms with E-state index in [2.05, 4.69) is 10.1 Å². The number of ether oxygens (including phenoxy) is 1. The number of hydrogen-bond acceptors (Lipinski definition) is 5. The second-order valence-electron chi connectivity index (χ2n) is 4.71. The van der Waals surface area contributed by atoms with Crippen LogP contribution in [-0.2, 0) is 4.79 Å². The number of amides is 1. The molecule has 0 fully saturated rings. The Labute approximate surface area is 132 Å². The van der Waals surface area contributed by atoms with Crippen molar-refractivity contribution >= 4 is 23.7 Å². The maximum Gasteiger partial charge on any atom is 0.259 e. The van der Waals surface area contributed by atoms with Crippen LogP contribution in [0, 0.1) is 0 Å². The zero-order chi connectivity index (χ0) is 16.1. The van der Waals surface area contributed by atoms with Crippen molar-refractivity contribution in [1.29, 1.82) is 0 Å². The number of halogens is 1. The van der Waals surface area contributed by atoms with Gasteiger partial charge in [-0.1, -0.05) is 11.6 Å². The van der Waals surface area contributed by atoms with Gasteiger partial charge in [0.1, 0.15) is 12.1 Å². The first-order valence-electron chi connectivity index (χ1n) is 6.55. The first-order chi connectivity index (χ1) is 10.5. The Morgan fingerprint density at radius 2 is 2.23 bits per heavy atom. The van der Waals surface area contributed by atoms with Gasteiger partial charge >= 0.3 is 0 Å². The summed E-state index contributed by atoms with van der Waals surface area (Å²) in [6.07, 6.45) is 4.19. The van der Waals surface area contributed by atoms with Gasteiger partial charge in [0.15, 0.2) is 5.82 Å². The molecule has 8 heteroatoms. The van der Waals surface area contributed by atoms with Crippen molar-refractivity contribution in [2.75, 3.05) is 0 Å². The summed E-state index contributed by atoms with van der Waals surface area (Å²) in [5.74, 6) is 5.66. The molecule has 3 N–H and O–H groups in total. The van der Waals surface area contributed by atoms with E-state index in [0.717, 1.165) is 5.56 Å². The molecular weight excluding hydrogens is 306 g/mol. The third-order valence-corrected chi connectivity index (χ3v) is 2.75. The second kappa shape index (κ2) is 7.06. The van der Waals surface area contributed by atoms with E-state index in [4.69, 9.17) is 22.2 Å². The summed E-state index contributed by atoms with van der Waals surface area (Å²) in [7, 11) is 0. The van der Waals surface area contributed by atoms with Crippen LogP contribution >= 0.6 is 11.6 Å². The minimum Gasteiger partial charge on any atom is -0.491 e. The lowest BCUT2D eigenvalue weighted by molar-refractivity contribution is -0.116. The van der Waals surface area contributed by atoms with E-state index in [0.29, 0.717) is 16.6 Å². The molecule has 22 heavy (non-hydrogen) atoms. The largest absolute Gasteiger partial charge is 0.491 e. The molecule has 0 bridgehead atoms. The van der Waals surface area contributed by atoms with Crippen LogP contribution in [0.3, 0.4) is 0 Å². The van der Waals surface area contributed by atoms with Gasteiger partial charge in [-0.25, -0.2) is 15.5 Å². The molecule has 0 aliphatic carbocycles. The molecule has 116 valence electrons. The molecule has 0 unspecified atom stereocenters. The number of rotatable bonds is 5. The number of hydrogen-bond donors (Lipinski definition) is 2. The number of benzene rings is 1. The smallest absolute Gasteiger partial charge is 0.259 e. The molecule has 0 aliphatic heterocycles. The van der Waals surface area contributed by atoms with Gasteiger partial charge < -0.3 is 4.74 Å². The van der Waals surface area contributed by atoms with Crippen LogP contribution < -0.4 is 16.0 Å². The van der Waals surface area contributed by atoms with Crippen LogP contribution in [0.5, 0.6) is 5.75 Å². The van der Waals surface area contributed by atoms with Gasteiger partial charge in [0.25, 0.3) is 5.91 Å². The lowest BCUT2D eigenvalue weighted by atomic mass is 10.2. The summed E-state index contributed by atoms with van der Waals surface area (Å²) in [6, 6.07) is 5.28. The maximum atomic E-state index is 11.0. The van der Waals surface area contributed by atoms with Crippen LogP contribution in [0.25, 0.3) is 17.6 Å². The topological polar surface area (TPSA) is 95.1 Å². The average molecular weight is 322 g/mol. The Morgan fingerprint density at radius 3 is 2.91 bits per heavy atom. The highest BCUT2D eigenvalue weighted by Crippen LogP contribution is 2.27. The van der Waals surface area contributed by atoms with E-state index in [9.17, 15) is 4.79 Å². The summed E-state index contributed by atoms with van der Waals surface area (Å²) < 4.78 is 7.03. The van der Waals surface area contributed by atoms with Crippen LogP contribution in [0.2, 0.25) is 5.02 Å². The fraction of sp³-hybridized carbons (Fsp3) is 0.214. The number of carbonyl (C=O) groups excluding carboxylic acids is 1. The third-order valence-electron chi connectivity index (χ3n) is 2.53. The van der Waals surface area contributed by atoms with Crippen molar-refractivity contribution in [3.63, 3.8) is 0 Å². The van der Waals surface area contributed by atoms with Crippen molar-refractivity contribution in [1.82, 2.24) is 20.2 Å². The van der Waals surface area contributed by atoms with Crippen molar-refractivity contribution < 1.29 is 9.53 Å². The van der Waals surface area contributed by atoms with Gasteiger partial charge in [0.05, 0.1) is 6.10 Å². The molecule has 0 aliphatic rings. The quantitative estimate of drug-likeness (QED) is 0.379. The van der Waals surface area contributed by atoms with E-state index in [1.54, 1.807) is 12.1 Å². The third kappa shape index (κ3) is 4.31. The van der Waals surface area contributed by atoms with E-state index in [1.807, 2.05) is 25.3 Å². The van der Waals surface area contributed by atoms with Crippen LogP contribution in [-0.4, -0.2) is 26.8 Å². The predicted octanol–water partition coefficient (Wildman–Crippen LogP) is 1.85. The van der Waals surface area contributed by atoms with Gasteiger partial charge in [0.2, 0.25) is 0 Å². The Hall–Kier alpha value is -2.38. The molecule has 1 aromatic carbocycles. The molecular formula is C14H16ClN5O2. The van der Waals surface area contributed by atoms with E-state index >= 15 is 0 Å². The number of aromatic nitrogens is 3. The van der Waals surface area contributed by atoms with Crippen molar-refractivity contribution in [2.24, 2.45) is 5.84 Å². The summed E-state index contributed by atoms with van der Waals surface area (Å²) in [4.78, 5) is 15.2. The number of hydrazine groups is 1. The SMILES string of the molecule is CC(C)Oc1cc(Cl)cc(-c2ncn(/C=C\C(=O)NN)n2)c1. The standard InChI is InChI=1S/C14H16ClN5O2/c1-9(2)22-12-6-10(5-11(15)7-12)14-17-8-20(19-14)4-3-13(21)18-16/h3-9H,16H2,1-2H3,(H,18,21)/b4-3-. The molecule has 1 heterocycles. The zero-order valence-corrected chi connectivity index (χ0v) is 12.9. The number of nitrogens with two attached hydrogens (primary N) is 1. The summed E-state index contributed by atoms with van der Waals surface area (Å²) in [5.41, 5.74) is 2.71. The Kier molecular flexibility index (Phi) is 5.13. The number of carbonyl (C=O) groups is 1. The molecule has 0 atom stereocenters. The molecule has 0 spiro atoms. The molecule has 0 radical (unpaired) electrons. The summed E-state index contributed by atoms with van der Waals surface area (Å²) in [5, 5.41) is 4.76. The molecule has 7 nitrogen and oxygen atoms in total. The van der Waals surface area contributed by atoms with Gasteiger partial charge in [0, 0.05) is 22.9 Å². The highest BCUT2D eigenvalue weighted by Gasteiger charge is 2.08. The number of nitrogens with one attached hydrogen (secondary N) is 1. The Bertz CT molecular complexity index is 696. The predicted molar refractivity (Wildman–Crippen MR) is 83.9 cm³/mol. The van der Waals surface area contributed by atoms with Crippen LogP contribution in [0.1, 0.15) is 13.8 Å². The minimum absolute atomic E-state index is 0.0366. The molecule has 2 rings (SSSR count). The molecule has 0 saturated heterocycles. The van der Waals surface area contributed by atoms with E-state index in [1.165, 1.54) is 23.3 Å². The van der Waals surface area contributed by atoms with Gasteiger partial charge in [-0.2, -0.15) is 0 Å². The first-order valence-corrected chi connectivity index (χ1v) is 6.93. The van der Waals surface area contributed by atoms with Crippen molar-refractivity contribution in [3.05, 3.63) is 35.6 Å². The second-order valence-corrected chi connectivity index (χ2v) is 5.15. The fourth-order valence-electron chi connectivity index (χ4n) is 1.70. The normalized spacial score (nSPS) is 11.1. The van der Waals surface area contributed by atoms with Gasteiger partial charge in [-0.3, -0.25) is 10.2 Å². The van der Waals surface area contributed by atoms with Crippen LogP contribution in [0.15, 0.2) is 30.6 Å². The Morgan fingerprint density at radius 1 is 1.45 bits per heavy atom. The fourth-order valence-corrected chi connectivity index (χ4v) is 1.93. The molecule has 0 saturated carbocycles. The molecule has 2 aromatic rings. The Balaban J connectivity index is 2.25. The van der Waals surface area contributed by atoms with Crippen molar-refractivity contribution in [2.45, 2.75) is 20.0 Å². The molecule has 1 aromatic heterocycles. The van der Waals surface area contributed by atoms with E-state index in [-0.39, 0.29) is 6.10 Å². The van der Waals surface area contributed by atoms with Gasteiger partial charge in [-0.05, 0) is 32.0 Å². The highest BCUT2D eigenvalue weighted by atomic mass is 35.5. The van der Waals surface area contributed by atoms with E-state index < -0.39 is 5.91 Å². The number of nitrogens with zero attached hydrogens (tertiary/aromatic N) is 3. The lowest BCUT2D eigenvalue weighted by Crippen LogP contribution is -2.28. The monoisotopic (exact) mass is 321 g/mol. The maximum absolute atomic E-state index is 11.0. The average Bonchev–Trinajstić information content (AvgIpc) is 2.92.